The molecule has 0 bridgehead atoms. The summed E-state index contributed by atoms with van der Waals surface area (Å²) in [4.78, 5) is 0. The van der Waals surface area contributed by atoms with Gasteiger partial charge in [-0.25, -0.2) is 4.39 Å². The predicted molar refractivity (Wildman–Crippen MR) is 49.7 cm³/mol. The highest BCUT2D eigenvalue weighted by Gasteiger charge is 2.13. The van der Waals surface area contributed by atoms with Gasteiger partial charge in [-0.3, -0.25) is 0 Å². The topological polar surface area (TPSA) is 18.5 Å². The SMILES string of the molecule is FCOc1cc(Cl)c(OC(F)F)cc1Cl. The number of rotatable bonds is 4. The summed E-state index contributed by atoms with van der Waals surface area (Å²) in [6.45, 7) is -4.10. The average molecular weight is 261 g/mol. The molecule has 0 saturated heterocycles. The third-order valence-electron chi connectivity index (χ3n) is 1.41. The van der Waals surface area contributed by atoms with E-state index < -0.39 is 13.5 Å². The molecule has 7 heteroatoms. The van der Waals surface area contributed by atoms with Gasteiger partial charge in [0.1, 0.15) is 11.5 Å². The molecular formula is C8H5Cl2F3O2. The van der Waals surface area contributed by atoms with Crippen LogP contribution in [0.5, 0.6) is 11.5 Å². The van der Waals surface area contributed by atoms with E-state index in [0.29, 0.717) is 0 Å². The minimum absolute atomic E-state index is 0.0363. The lowest BCUT2D eigenvalue weighted by atomic mass is 10.3. The van der Waals surface area contributed by atoms with Gasteiger partial charge in [0.05, 0.1) is 10.0 Å². The van der Waals surface area contributed by atoms with Gasteiger partial charge in [-0.2, -0.15) is 8.78 Å². The molecular weight excluding hydrogens is 256 g/mol. The monoisotopic (exact) mass is 260 g/mol. The Bertz CT molecular complexity index is 347. The summed E-state index contributed by atoms with van der Waals surface area (Å²) in [6, 6.07) is 2.13. The van der Waals surface area contributed by atoms with Gasteiger partial charge in [0.15, 0.2) is 0 Å². The number of alkyl halides is 3. The van der Waals surface area contributed by atoms with Crippen LogP contribution in [0.15, 0.2) is 12.1 Å². The van der Waals surface area contributed by atoms with Crippen molar-refractivity contribution in [2.75, 3.05) is 6.86 Å². The van der Waals surface area contributed by atoms with E-state index in [0.717, 1.165) is 12.1 Å². The fraction of sp³-hybridized carbons (Fsp3) is 0.250. The Kier molecular flexibility index (Phi) is 4.35. The molecule has 0 N–H and O–H groups in total. The highest BCUT2D eigenvalue weighted by Crippen LogP contribution is 2.36. The zero-order chi connectivity index (χ0) is 11.4. The molecule has 84 valence electrons. The number of hydrogen-bond acceptors (Lipinski definition) is 2. The van der Waals surface area contributed by atoms with E-state index in [1.165, 1.54) is 0 Å². The number of halogens is 5. The van der Waals surface area contributed by atoms with E-state index in [1.54, 1.807) is 0 Å². The molecule has 0 heterocycles. The van der Waals surface area contributed by atoms with Crippen molar-refractivity contribution in [3.8, 4) is 11.5 Å². The van der Waals surface area contributed by atoms with Crippen molar-refractivity contribution in [3.05, 3.63) is 22.2 Å². The largest absolute Gasteiger partial charge is 0.461 e. The smallest absolute Gasteiger partial charge is 0.387 e. The Morgan fingerprint density at radius 3 is 2.20 bits per heavy atom. The van der Waals surface area contributed by atoms with Crippen molar-refractivity contribution in [2.24, 2.45) is 0 Å². The predicted octanol–water partition coefficient (Wildman–Crippen LogP) is 3.90. The molecule has 0 radical (unpaired) electrons. The Balaban J connectivity index is 2.97. The maximum atomic E-state index is 11.9. The van der Waals surface area contributed by atoms with E-state index in [-0.39, 0.29) is 21.5 Å². The first-order valence-corrected chi connectivity index (χ1v) is 4.42. The van der Waals surface area contributed by atoms with Gasteiger partial charge < -0.3 is 9.47 Å². The Morgan fingerprint density at radius 1 is 1.13 bits per heavy atom. The van der Waals surface area contributed by atoms with Crippen LogP contribution >= 0.6 is 23.2 Å². The molecule has 1 aromatic carbocycles. The standard InChI is InChI=1S/C8H5Cl2F3O2/c9-4-2-7(15-8(12)13)5(10)1-6(4)14-3-11/h1-2,8H,3H2. The van der Waals surface area contributed by atoms with Crippen LogP contribution in [-0.2, 0) is 0 Å². The third-order valence-corrected chi connectivity index (χ3v) is 2.00. The molecule has 0 atom stereocenters. The average Bonchev–Trinajstić information content (AvgIpc) is 2.13. The summed E-state index contributed by atoms with van der Waals surface area (Å²) in [7, 11) is 0. The lowest BCUT2D eigenvalue weighted by molar-refractivity contribution is -0.0498. The van der Waals surface area contributed by atoms with Gasteiger partial charge in [0.25, 0.3) is 0 Å². The first-order chi connectivity index (χ1) is 7.04. The Hall–Kier alpha value is -0.810. The van der Waals surface area contributed by atoms with Crippen LogP contribution in [0.25, 0.3) is 0 Å². The van der Waals surface area contributed by atoms with Crippen LogP contribution in [0, 0.1) is 0 Å². The molecule has 0 aliphatic heterocycles. The van der Waals surface area contributed by atoms with Gasteiger partial charge in [0, 0.05) is 12.1 Å². The lowest BCUT2D eigenvalue weighted by Crippen LogP contribution is -2.02. The molecule has 0 saturated carbocycles. The number of benzene rings is 1. The number of ether oxygens (including phenoxy) is 2. The lowest BCUT2D eigenvalue weighted by Gasteiger charge is -2.09. The van der Waals surface area contributed by atoms with Gasteiger partial charge in [-0.1, -0.05) is 23.2 Å². The summed E-state index contributed by atoms with van der Waals surface area (Å²) in [6.07, 6.45) is 0. The highest BCUT2D eigenvalue weighted by molar-refractivity contribution is 6.35. The Morgan fingerprint density at radius 2 is 1.67 bits per heavy atom. The minimum atomic E-state index is -3.01. The van der Waals surface area contributed by atoms with Crippen molar-refractivity contribution in [3.63, 3.8) is 0 Å². The summed E-state index contributed by atoms with van der Waals surface area (Å²) in [5.74, 6) is -0.325. The molecule has 2 nitrogen and oxygen atoms in total. The molecule has 1 aromatic rings. The zero-order valence-corrected chi connectivity index (χ0v) is 8.66. The minimum Gasteiger partial charge on any atom is -0.461 e. The van der Waals surface area contributed by atoms with E-state index >= 15 is 0 Å². The summed E-state index contributed by atoms with van der Waals surface area (Å²) >= 11 is 11.2. The molecule has 0 aliphatic carbocycles. The first-order valence-electron chi connectivity index (χ1n) is 3.67. The van der Waals surface area contributed by atoms with Crippen LogP contribution in [0.1, 0.15) is 0 Å². The van der Waals surface area contributed by atoms with Gasteiger partial charge in [0.2, 0.25) is 6.86 Å². The van der Waals surface area contributed by atoms with Crippen molar-refractivity contribution in [1.29, 1.82) is 0 Å². The van der Waals surface area contributed by atoms with Crippen molar-refractivity contribution in [2.45, 2.75) is 6.61 Å². The second-order valence-corrected chi connectivity index (χ2v) is 3.16. The van der Waals surface area contributed by atoms with Crippen molar-refractivity contribution < 1.29 is 22.6 Å². The molecule has 1 rings (SSSR count). The second kappa shape index (κ2) is 5.32. The normalized spacial score (nSPS) is 10.5. The van der Waals surface area contributed by atoms with E-state index in [1.807, 2.05) is 0 Å². The highest BCUT2D eigenvalue weighted by atomic mass is 35.5. The van der Waals surface area contributed by atoms with Crippen molar-refractivity contribution >= 4 is 23.2 Å². The van der Waals surface area contributed by atoms with Crippen LogP contribution in [0.4, 0.5) is 13.2 Å². The summed E-state index contributed by atoms with van der Waals surface area (Å²) in [5.41, 5.74) is 0. The molecule has 0 aromatic heterocycles. The quantitative estimate of drug-likeness (QED) is 0.818. The maximum Gasteiger partial charge on any atom is 0.387 e. The van der Waals surface area contributed by atoms with Gasteiger partial charge >= 0.3 is 6.61 Å². The van der Waals surface area contributed by atoms with Crippen molar-refractivity contribution in [1.82, 2.24) is 0 Å². The molecule has 0 spiro atoms. The molecule has 0 unspecified atom stereocenters. The van der Waals surface area contributed by atoms with Gasteiger partial charge in [-0.05, 0) is 0 Å². The van der Waals surface area contributed by atoms with E-state index in [2.05, 4.69) is 9.47 Å². The first kappa shape index (κ1) is 12.3. The summed E-state index contributed by atoms with van der Waals surface area (Å²) < 4.78 is 44.1. The van der Waals surface area contributed by atoms with Crippen LogP contribution in [0.2, 0.25) is 10.0 Å². The maximum absolute atomic E-state index is 11.9. The van der Waals surface area contributed by atoms with E-state index in [4.69, 9.17) is 23.2 Å². The Labute approximate surface area is 93.5 Å². The van der Waals surface area contributed by atoms with Gasteiger partial charge in [-0.15, -0.1) is 0 Å². The van der Waals surface area contributed by atoms with Crippen LogP contribution in [0.3, 0.4) is 0 Å². The fourth-order valence-corrected chi connectivity index (χ4v) is 1.27. The molecule has 0 aliphatic rings. The van der Waals surface area contributed by atoms with E-state index in [9.17, 15) is 13.2 Å². The van der Waals surface area contributed by atoms with Crippen LogP contribution in [-0.4, -0.2) is 13.5 Å². The third kappa shape index (κ3) is 3.35. The molecule has 0 amide bonds. The fourth-order valence-electron chi connectivity index (χ4n) is 0.866. The summed E-state index contributed by atoms with van der Waals surface area (Å²) in [5, 5.41) is -0.198. The van der Waals surface area contributed by atoms with Crippen LogP contribution < -0.4 is 9.47 Å². The number of hydrogen-bond donors (Lipinski definition) is 0. The molecule has 0 fully saturated rings. The zero-order valence-electron chi connectivity index (χ0n) is 7.15. The molecule has 15 heavy (non-hydrogen) atoms. The second-order valence-electron chi connectivity index (χ2n) is 2.35.